The molecular formula is C15H6N2O3. The van der Waals surface area contributed by atoms with Crippen LogP contribution in [0.15, 0.2) is 41.7 Å². The fraction of sp³-hybridized carbons (Fsp3) is 0. The van der Waals surface area contributed by atoms with Crippen LogP contribution < -0.4 is 5.32 Å². The highest BCUT2D eigenvalue weighted by Crippen LogP contribution is 2.39. The van der Waals surface area contributed by atoms with E-state index in [0.29, 0.717) is 16.8 Å². The van der Waals surface area contributed by atoms with Crippen LogP contribution in [0.1, 0.15) is 5.56 Å². The van der Waals surface area contributed by atoms with Crippen molar-refractivity contribution >= 4 is 40.0 Å². The Labute approximate surface area is 112 Å². The van der Waals surface area contributed by atoms with Crippen LogP contribution in [-0.2, 0) is 14.4 Å². The third kappa shape index (κ3) is 1.53. The standard InChI is InChI=1S/C15H6N2O3/c18-6-11-9-3-4-13-10(2-1-5-16-13)15(9)17-14(8-20)12(11)7-19/h1-5,17H. The van der Waals surface area contributed by atoms with E-state index < -0.39 is 0 Å². The fourth-order valence-corrected chi connectivity index (χ4v) is 2.23. The topological polar surface area (TPSA) is 76.1 Å². The number of nitrogens with one attached hydrogen (secondary N) is 1. The predicted octanol–water partition coefficient (Wildman–Crippen LogP) is 1.35. The maximum absolute atomic E-state index is 11.1. The Morgan fingerprint density at radius 3 is 2.45 bits per heavy atom. The molecule has 5 heteroatoms. The van der Waals surface area contributed by atoms with Crippen LogP contribution in [0.25, 0.3) is 16.5 Å². The first kappa shape index (κ1) is 11.8. The second kappa shape index (κ2) is 4.47. The van der Waals surface area contributed by atoms with E-state index in [-0.39, 0.29) is 16.8 Å². The number of benzene rings is 1. The summed E-state index contributed by atoms with van der Waals surface area (Å²) in [6, 6.07) is 6.92. The van der Waals surface area contributed by atoms with Gasteiger partial charge in [0.25, 0.3) is 0 Å². The van der Waals surface area contributed by atoms with Gasteiger partial charge in [-0.1, -0.05) is 0 Å². The van der Waals surface area contributed by atoms with Gasteiger partial charge in [0.15, 0.2) is 5.94 Å². The second-order valence-electron chi connectivity index (χ2n) is 4.11. The summed E-state index contributed by atoms with van der Waals surface area (Å²) in [5.41, 5.74) is 1.43. The number of fused-ring (bicyclic) bond motifs is 3. The van der Waals surface area contributed by atoms with Crippen LogP contribution in [0.3, 0.4) is 0 Å². The maximum Gasteiger partial charge on any atom is 0.152 e. The third-order valence-electron chi connectivity index (χ3n) is 3.11. The summed E-state index contributed by atoms with van der Waals surface area (Å²) in [7, 11) is 0. The van der Waals surface area contributed by atoms with Gasteiger partial charge >= 0.3 is 0 Å². The van der Waals surface area contributed by atoms with Gasteiger partial charge in [0.05, 0.1) is 16.8 Å². The lowest BCUT2D eigenvalue weighted by Crippen LogP contribution is -2.14. The first-order valence-corrected chi connectivity index (χ1v) is 5.71. The molecule has 1 aliphatic rings. The molecule has 2 heterocycles. The second-order valence-corrected chi connectivity index (χ2v) is 4.11. The molecule has 20 heavy (non-hydrogen) atoms. The van der Waals surface area contributed by atoms with Gasteiger partial charge in [-0.3, -0.25) is 4.98 Å². The molecule has 1 aliphatic heterocycles. The number of pyridine rings is 1. The van der Waals surface area contributed by atoms with Crippen LogP contribution >= 0.6 is 0 Å². The predicted molar refractivity (Wildman–Crippen MR) is 72.9 cm³/mol. The van der Waals surface area contributed by atoms with Crippen molar-refractivity contribution in [2.24, 2.45) is 0 Å². The Morgan fingerprint density at radius 1 is 0.950 bits per heavy atom. The molecule has 1 N–H and O–H groups in total. The smallest absolute Gasteiger partial charge is 0.152 e. The van der Waals surface area contributed by atoms with E-state index in [0.717, 1.165) is 5.39 Å². The Hall–Kier alpha value is -3.22. The molecule has 1 aromatic heterocycles. The summed E-state index contributed by atoms with van der Waals surface area (Å²) < 4.78 is 0. The molecule has 0 aliphatic carbocycles. The van der Waals surface area contributed by atoms with Gasteiger partial charge in [0.1, 0.15) is 23.2 Å². The van der Waals surface area contributed by atoms with E-state index >= 15 is 0 Å². The van der Waals surface area contributed by atoms with Crippen LogP contribution in [-0.4, -0.2) is 22.8 Å². The zero-order valence-electron chi connectivity index (χ0n) is 10.1. The Morgan fingerprint density at radius 2 is 1.75 bits per heavy atom. The highest BCUT2D eigenvalue weighted by molar-refractivity contribution is 6.15. The molecule has 0 spiro atoms. The molecule has 0 bridgehead atoms. The van der Waals surface area contributed by atoms with Crippen LogP contribution in [0.5, 0.6) is 0 Å². The van der Waals surface area contributed by atoms with Gasteiger partial charge in [-0.15, -0.1) is 0 Å². The van der Waals surface area contributed by atoms with Crippen molar-refractivity contribution in [2.45, 2.75) is 0 Å². The summed E-state index contributed by atoms with van der Waals surface area (Å²) in [5.74, 6) is 4.89. The SMILES string of the molecule is O=C=C1Nc2c(ccc3ncccc23)C(=C=O)C1=C=O. The van der Waals surface area contributed by atoms with Crippen molar-refractivity contribution in [1.82, 2.24) is 4.98 Å². The highest BCUT2D eigenvalue weighted by atomic mass is 16.1. The van der Waals surface area contributed by atoms with Gasteiger partial charge in [-0.25, -0.2) is 14.4 Å². The molecule has 0 fully saturated rings. The number of carbonyl (C=O) groups excluding carboxylic acids is 3. The molecule has 0 atom stereocenters. The Kier molecular flexibility index (Phi) is 2.65. The number of anilines is 1. The monoisotopic (exact) mass is 262 g/mol. The van der Waals surface area contributed by atoms with Crippen LogP contribution in [0.4, 0.5) is 5.69 Å². The molecule has 0 amide bonds. The molecular weight excluding hydrogens is 256 g/mol. The Balaban J connectivity index is 2.46. The number of hydrogen-bond acceptors (Lipinski definition) is 5. The summed E-state index contributed by atoms with van der Waals surface area (Å²) in [6.45, 7) is 0. The van der Waals surface area contributed by atoms with Gasteiger partial charge < -0.3 is 5.32 Å². The normalized spacial score (nSPS) is 13.1. The molecule has 0 radical (unpaired) electrons. The van der Waals surface area contributed by atoms with Crippen LogP contribution in [0.2, 0.25) is 0 Å². The summed E-state index contributed by atoms with van der Waals surface area (Å²) in [5, 5.41) is 3.54. The number of aromatic nitrogens is 1. The minimum absolute atomic E-state index is 0.00199. The van der Waals surface area contributed by atoms with E-state index in [1.54, 1.807) is 48.3 Å². The van der Waals surface area contributed by atoms with Gasteiger partial charge in [-0.2, -0.15) is 0 Å². The van der Waals surface area contributed by atoms with Gasteiger partial charge in [-0.05, 0) is 24.3 Å². The first-order valence-electron chi connectivity index (χ1n) is 5.71. The summed E-state index contributed by atoms with van der Waals surface area (Å²) in [4.78, 5) is 37.2. The van der Waals surface area contributed by atoms with E-state index in [1.165, 1.54) is 0 Å². The first-order chi connectivity index (χ1) is 9.80. The number of hydrogen-bond donors (Lipinski definition) is 1. The zero-order chi connectivity index (χ0) is 14.1. The number of nitrogens with zero attached hydrogens (tertiary/aromatic N) is 1. The molecule has 1 aromatic carbocycles. The average molecular weight is 262 g/mol. The number of rotatable bonds is 0. The minimum atomic E-state index is -0.161. The van der Waals surface area contributed by atoms with Gasteiger partial charge in [0.2, 0.25) is 0 Å². The molecule has 2 aromatic rings. The van der Waals surface area contributed by atoms with Gasteiger partial charge in [0, 0.05) is 17.1 Å². The summed E-state index contributed by atoms with van der Waals surface area (Å²) >= 11 is 0. The quantitative estimate of drug-likeness (QED) is 0.725. The molecule has 94 valence electrons. The van der Waals surface area contributed by atoms with E-state index in [4.69, 9.17) is 0 Å². The molecule has 3 rings (SSSR count). The average Bonchev–Trinajstić information content (AvgIpc) is 2.52. The summed E-state index contributed by atoms with van der Waals surface area (Å²) in [6.07, 6.45) is 1.64. The molecule has 0 saturated carbocycles. The number of allylic oxidation sites excluding steroid dienone is 1. The van der Waals surface area contributed by atoms with Crippen molar-refractivity contribution in [3.8, 4) is 0 Å². The lowest BCUT2D eigenvalue weighted by atomic mass is 9.91. The lowest BCUT2D eigenvalue weighted by molar-refractivity contribution is 0.564. The fourth-order valence-electron chi connectivity index (χ4n) is 2.23. The van der Waals surface area contributed by atoms with E-state index in [2.05, 4.69) is 10.3 Å². The van der Waals surface area contributed by atoms with E-state index in [9.17, 15) is 14.4 Å². The largest absolute Gasteiger partial charge is 0.344 e. The zero-order valence-corrected chi connectivity index (χ0v) is 10.1. The third-order valence-corrected chi connectivity index (χ3v) is 3.11. The van der Waals surface area contributed by atoms with E-state index in [1.807, 2.05) is 0 Å². The van der Waals surface area contributed by atoms with Crippen LogP contribution in [0, 0.1) is 0 Å². The minimum Gasteiger partial charge on any atom is -0.344 e. The van der Waals surface area contributed by atoms with Crippen molar-refractivity contribution in [3.05, 3.63) is 47.3 Å². The van der Waals surface area contributed by atoms with Crippen molar-refractivity contribution in [1.29, 1.82) is 0 Å². The van der Waals surface area contributed by atoms with Crippen molar-refractivity contribution < 1.29 is 14.4 Å². The molecule has 0 saturated heterocycles. The Bertz CT molecular complexity index is 894. The molecule has 0 unspecified atom stereocenters. The highest BCUT2D eigenvalue weighted by Gasteiger charge is 2.27. The lowest BCUT2D eigenvalue weighted by Gasteiger charge is -2.21. The molecule has 5 nitrogen and oxygen atoms in total. The van der Waals surface area contributed by atoms with Crippen molar-refractivity contribution in [3.63, 3.8) is 0 Å². The maximum atomic E-state index is 11.1. The van der Waals surface area contributed by atoms with Crippen molar-refractivity contribution in [2.75, 3.05) is 5.32 Å².